The summed E-state index contributed by atoms with van der Waals surface area (Å²) in [6, 6.07) is 12.2. The Kier molecular flexibility index (Phi) is 5.19. The number of benzene rings is 2. The Hall–Kier alpha value is -3.56. The lowest BCUT2D eigenvalue weighted by Gasteiger charge is -2.30. The SMILES string of the molecule is COc1cccc(C(=O)N[C@]2(C(F)(F)F)NC(=O)N(Cc3ccccc3)C2=O)c1. The number of nitrogens with zero attached hydrogens (tertiary/aromatic N) is 1. The summed E-state index contributed by atoms with van der Waals surface area (Å²) < 4.78 is 46.6. The van der Waals surface area contributed by atoms with E-state index in [-0.39, 0.29) is 17.9 Å². The molecule has 4 amide bonds. The summed E-state index contributed by atoms with van der Waals surface area (Å²) in [4.78, 5) is 37.7. The molecule has 1 fully saturated rings. The van der Waals surface area contributed by atoms with Gasteiger partial charge < -0.3 is 10.1 Å². The number of hydrogen-bond acceptors (Lipinski definition) is 4. The van der Waals surface area contributed by atoms with Crippen LogP contribution >= 0.6 is 0 Å². The van der Waals surface area contributed by atoms with Gasteiger partial charge in [0.15, 0.2) is 0 Å². The van der Waals surface area contributed by atoms with E-state index >= 15 is 0 Å². The van der Waals surface area contributed by atoms with Crippen LogP contribution in [0.25, 0.3) is 0 Å². The average molecular weight is 407 g/mol. The molecule has 1 heterocycles. The van der Waals surface area contributed by atoms with Crippen molar-refractivity contribution in [1.82, 2.24) is 15.5 Å². The van der Waals surface area contributed by atoms with E-state index in [1.165, 1.54) is 31.4 Å². The van der Waals surface area contributed by atoms with Crippen LogP contribution in [0.1, 0.15) is 15.9 Å². The van der Waals surface area contributed by atoms with Crippen LogP contribution < -0.4 is 15.4 Å². The number of imide groups is 1. The van der Waals surface area contributed by atoms with Crippen LogP contribution in [-0.4, -0.2) is 41.7 Å². The van der Waals surface area contributed by atoms with Crippen molar-refractivity contribution in [2.75, 3.05) is 7.11 Å². The molecule has 0 unspecified atom stereocenters. The molecule has 0 aromatic heterocycles. The fraction of sp³-hybridized carbons (Fsp3) is 0.211. The second-order valence-corrected chi connectivity index (χ2v) is 6.24. The maximum atomic E-state index is 13.9. The summed E-state index contributed by atoms with van der Waals surface area (Å²) >= 11 is 0. The monoisotopic (exact) mass is 407 g/mol. The molecule has 0 aliphatic carbocycles. The quantitative estimate of drug-likeness (QED) is 0.746. The van der Waals surface area contributed by atoms with Crippen molar-refractivity contribution in [2.24, 2.45) is 0 Å². The lowest BCUT2D eigenvalue weighted by Crippen LogP contribution is -2.69. The van der Waals surface area contributed by atoms with Crippen LogP contribution in [-0.2, 0) is 11.3 Å². The number of halogens is 3. The van der Waals surface area contributed by atoms with Gasteiger partial charge in [-0.3, -0.25) is 19.8 Å². The lowest BCUT2D eigenvalue weighted by atomic mass is 10.1. The van der Waals surface area contributed by atoms with E-state index in [0.29, 0.717) is 10.5 Å². The zero-order valence-electron chi connectivity index (χ0n) is 15.1. The Balaban J connectivity index is 1.92. The summed E-state index contributed by atoms with van der Waals surface area (Å²) in [6.07, 6.45) is -5.28. The predicted molar refractivity (Wildman–Crippen MR) is 94.8 cm³/mol. The number of nitrogens with one attached hydrogen (secondary N) is 2. The van der Waals surface area contributed by atoms with Gasteiger partial charge in [0.25, 0.3) is 17.5 Å². The van der Waals surface area contributed by atoms with E-state index in [2.05, 4.69) is 0 Å². The summed E-state index contributed by atoms with van der Waals surface area (Å²) in [5.74, 6) is -2.57. The first-order valence-electron chi connectivity index (χ1n) is 8.39. The van der Waals surface area contributed by atoms with E-state index < -0.39 is 29.7 Å². The molecule has 2 N–H and O–H groups in total. The van der Waals surface area contributed by atoms with Crippen molar-refractivity contribution in [1.29, 1.82) is 0 Å². The first-order valence-corrected chi connectivity index (χ1v) is 8.39. The van der Waals surface area contributed by atoms with Crippen molar-refractivity contribution < 1.29 is 32.3 Å². The van der Waals surface area contributed by atoms with Gasteiger partial charge in [0.2, 0.25) is 0 Å². The highest BCUT2D eigenvalue weighted by Gasteiger charge is 2.68. The summed E-state index contributed by atoms with van der Waals surface area (Å²) in [5, 5.41) is 3.26. The third-order valence-corrected chi connectivity index (χ3v) is 4.35. The zero-order valence-corrected chi connectivity index (χ0v) is 15.1. The molecule has 3 rings (SSSR count). The van der Waals surface area contributed by atoms with Gasteiger partial charge in [-0.15, -0.1) is 0 Å². The molecule has 0 saturated carbocycles. The topological polar surface area (TPSA) is 87.7 Å². The van der Waals surface area contributed by atoms with E-state index in [1.54, 1.807) is 41.0 Å². The van der Waals surface area contributed by atoms with Crippen molar-refractivity contribution in [3.63, 3.8) is 0 Å². The first-order chi connectivity index (χ1) is 13.7. The first kappa shape index (κ1) is 20.2. The van der Waals surface area contributed by atoms with Gasteiger partial charge in [0, 0.05) is 5.56 Å². The number of methoxy groups -OCH3 is 1. The molecule has 1 aliphatic heterocycles. The van der Waals surface area contributed by atoms with E-state index in [9.17, 15) is 27.6 Å². The van der Waals surface area contributed by atoms with E-state index in [0.717, 1.165) is 0 Å². The Bertz CT molecular complexity index is 949. The van der Waals surface area contributed by atoms with Crippen molar-refractivity contribution in [2.45, 2.75) is 18.4 Å². The second kappa shape index (κ2) is 7.46. The highest BCUT2D eigenvalue weighted by Crippen LogP contribution is 2.34. The standard InChI is InChI=1S/C19H16F3N3O4/c1-29-14-9-5-8-13(10-14)15(26)23-18(19(20,21)22)16(27)25(17(28)24-18)11-12-6-3-2-4-7-12/h2-10H,11H2,1H3,(H,23,26)(H,24,28)/t18-/m0/s1. The minimum Gasteiger partial charge on any atom is -0.497 e. The average Bonchev–Trinajstić information content (AvgIpc) is 2.93. The molecular formula is C19H16F3N3O4. The minimum atomic E-state index is -5.28. The summed E-state index contributed by atoms with van der Waals surface area (Å²) in [5.41, 5.74) is -3.29. The molecule has 2 aromatic rings. The van der Waals surface area contributed by atoms with Gasteiger partial charge in [0.1, 0.15) is 5.75 Å². The molecule has 10 heteroatoms. The number of amides is 4. The minimum absolute atomic E-state index is 0.170. The number of carbonyl (C=O) groups is 3. The van der Waals surface area contributed by atoms with Crippen molar-refractivity contribution in [3.8, 4) is 5.75 Å². The number of hydrogen-bond donors (Lipinski definition) is 2. The molecule has 1 atom stereocenters. The van der Waals surface area contributed by atoms with Crippen LogP contribution in [0, 0.1) is 0 Å². The summed E-state index contributed by atoms with van der Waals surface area (Å²) in [6.45, 7) is -0.377. The maximum Gasteiger partial charge on any atom is 0.440 e. The number of ether oxygens (including phenoxy) is 1. The highest BCUT2D eigenvalue weighted by molar-refractivity contribution is 6.10. The molecule has 0 spiro atoms. The third-order valence-electron chi connectivity index (χ3n) is 4.35. The molecule has 1 aliphatic rings. The molecule has 0 radical (unpaired) electrons. The Morgan fingerprint density at radius 3 is 2.45 bits per heavy atom. The lowest BCUT2D eigenvalue weighted by molar-refractivity contribution is -0.200. The number of urea groups is 1. The third kappa shape index (κ3) is 3.73. The molecule has 2 aromatic carbocycles. The Morgan fingerprint density at radius 2 is 1.83 bits per heavy atom. The highest BCUT2D eigenvalue weighted by atomic mass is 19.4. The van der Waals surface area contributed by atoms with Gasteiger partial charge in [-0.25, -0.2) is 4.79 Å². The van der Waals surface area contributed by atoms with Gasteiger partial charge in [-0.2, -0.15) is 13.2 Å². The molecule has 1 saturated heterocycles. The molecule has 0 bridgehead atoms. The Labute approximate surface area is 163 Å². The van der Waals surface area contributed by atoms with Crippen LogP contribution in [0.2, 0.25) is 0 Å². The van der Waals surface area contributed by atoms with E-state index in [1.807, 2.05) is 0 Å². The van der Waals surface area contributed by atoms with Crippen LogP contribution in [0.3, 0.4) is 0 Å². The molecule has 7 nitrogen and oxygen atoms in total. The van der Waals surface area contributed by atoms with Gasteiger partial charge in [-0.1, -0.05) is 36.4 Å². The summed E-state index contributed by atoms with van der Waals surface area (Å²) in [7, 11) is 1.33. The van der Waals surface area contributed by atoms with Gasteiger partial charge in [-0.05, 0) is 23.8 Å². The molecule has 29 heavy (non-hydrogen) atoms. The fourth-order valence-electron chi connectivity index (χ4n) is 2.84. The van der Waals surface area contributed by atoms with Gasteiger partial charge >= 0.3 is 12.2 Å². The number of alkyl halides is 3. The van der Waals surface area contributed by atoms with E-state index in [4.69, 9.17) is 4.74 Å². The molecular weight excluding hydrogens is 391 g/mol. The number of rotatable bonds is 5. The smallest absolute Gasteiger partial charge is 0.440 e. The second-order valence-electron chi connectivity index (χ2n) is 6.24. The zero-order chi connectivity index (χ0) is 21.2. The fourth-order valence-corrected chi connectivity index (χ4v) is 2.84. The van der Waals surface area contributed by atoms with Crippen molar-refractivity contribution >= 4 is 17.8 Å². The maximum absolute atomic E-state index is 13.9. The van der Waals surface area contributed by atoms with Crippen LogP contribution in [0.4, 0.5) is 18.0 Å². The van der Waals surface area contributed by atoms with Crippen LogP contribution in [0.15, 0.2) is 54.6 Å². The van der Waals surface area contributed by atoms with Gasteiger partial charge in [0.05, 0.1) is 13.7 Å². The van der Waals surface area contributed by atoms with Crippen molar-refractivity contribution in [3.05, 3.63) is 65.7 Å². The normalized spacial score (nSPS) is 19.1. The van der Waals surface area contributed by atoms with Crippen LogP contribution in [0.5, 0.6) is 5.75 Å². The molecule has 152 valence electrons. The largest absolute Gasteiger partial charge is 0.497 e. The Morgan fingerprint density at radius 1 is 1.14 bits per heavy atom. The number of carbonyl (C=O) groups excluding carboxylic acids is 3. The predicted octanol–water partition coefficient (Wildman–Crippen LogP) is 2.44.